The number of nitrogens with one attached hydrogen (secondary N) is 2. The molecule has 0 radical (unpaired) electrons. The summed E-state index contributed by atoms with van der Waals surface area (Å²) in [5.74, 6) is 1.51. The summed E-state index contributed by atoms with van der Waals surface area (Å²) in [4.78, 5) is 4.52. The summed E-state index contributed by atoms with van der Waals surface area (Å²) in [6.07, 6.45) is 1.19. The van der Waals surface area contributed by atoms with Crippen LogP contribution < -0.4 is 10.6 Å². The zero-order valence-electron chi connectivity index (χ0n) is 12.6. The van der Waals surface area contributed by atoms with Crippen LogP contribution in [0, 0.1) is 5.92 Å². The van der Waals surface area contributed by atoms with Crippen molar-refractivity contribution >= 4 is 5.96 Å². The number of benzene rings is 1. The highest BCUT2D eigenvalue weighted by Crippen LogP contribution is 2.28. The lowest BCUT2D eigenvalue weighted by atomic mass is 9.96. The summed E-state index contributed by atoms with van der Waals surface area (Å²) in [7, 11) is 0. The van der Waals surface area contributed by atoms with Gasteiger partial charge in [0.2, 0.25) is 0 Å². The lowest BCUT2D eigenvalue weighted by Crippen LogP contribution is -2.40. The second-order valence-electron chi connectivity index (χ2n) is 5.80. The van der Waals surface area contributed by atoms with E-state index < -0.39 is 5.60 Å². The van der Waals surface area contributed by atoms with E-state index in [0.29, 0.717) is 18.5 Å². The van der Waals surface area contributed by atoms with E-state index in [1.807, 2.05) is 37.3 Å². The van der Waals surface area contributed by atoms with E-state index in [4.69, 9.17) is 0 Å². The molecule has 4 heteroatoms. The van der Waals surface area contributed by atoms with E-state index >= 15 is 0 Å². The molecule has 1 aromatic carbocycles. The molecule has 3 atom stereocenters. The molecular weight excluding hydrogens is 250 g/mol. The molecule has 0 saturated heterocycles. The molecule has 3 unspecified atom stereocenters. The molecule has 0 heterocycles. The minimum Gasteiger partial charge on any atom is -0.384 e. The molecule has 0 amide bonds. The van der Waals surface area contributed by atoms with Gasteiger partial charge in [0, 0.05) is 12.6 Å². The Bertz CT molecular complexity index is 456. The summed E-state index contributed by atoms with van der Waals surface area (Å²) in [6, 6.07) is 10.2. The number of aliphatic hydroxyl groups is 1. The monoisotopic (exact) mass is 275 g/mol. The Hall–Kier alpha value is -1.55. The quantitative estimate of drug-likeness (QED) is 0.568. The third kappa shape index (κ3) is 3.97. The van der Waals surface area contributed by atoms with Crippen LogP contribution in [0.3, 0.4) is 0 Å². The van der Waals surface area contributed by atoms with E-state index in [1.165, 1.54) is 6.42 Å². The number of guanidine groups is 1. The molecule has 0 spiro atoms. The maximum absolute atomic E-state index is 10.5. The first-order valence-electron chi connectivity index (χ1n) is 7.35. The average Bonchev–Trinajstić information content (AvgIpc) is 3.13. The highest BCUT2D eigenvalue weighted by Gasteiger charge is 2.33. The van der Waals surface area contributed by atoms with Crippen LogP contribution in [0.5, 0.6) is 0 Å². The van der Waals surface area contributed by atoms with Gasteiger partial charge in [-0.15, -0.1) is 0 Å². The first-order valence-corrected chi connectivity index (χ1v) is 7.35. The largest absolute Gasteiger partial charge is 0.384 e. The Labute approximate surface area is 121 Å². The molecule has 1 aromatic rings. The smallest absolute Gasteiger partial charge is 0.191 e. The molecule has 110 valence electrons. The Kier molecular flexibility index (Phi) is 4.65. The lowest BCUT2D eigenvalue weighted by Gasteiger charge is -2.22. The van der Waals surface area contributed by atoms with E-state index in [1.54, 1.807) is 6.92 Å². The zero-order chi connectivity index (χ0) is 14.6. The van der Waals surface area contributed by atoms with Gasteiger partial charge in [0.05, 0.1) is 6.54 Å². The minimum absolute atomic E-state index is 0.341. The van der Waals surface area contributed by atoms with E-state index in [-0.39, 0.29) is 0 Å². The predicted octanol–water partition coefficient (Wildman–Crippen LogP) is 1.86. The van der Waals surface area contributed by atoms with Crippen molar-refractivity contribution in [2.24, 2.45) is 10.9 Å². The minimum atomic E-state index is -0.946. The highest BCUT2D eigenvalue weighted by atomic mass is 16.3. The van der Waals surface area contributed by atoms with Crippen molar-refractivity contribution in [3.63, 3.8) is 0 Å². The van der Waals surface area contributed by atoms with Crippen LogP contribution in [0.15, 0.2) is 35.3 Å². The van der Waals surface area contributed by atoms with Crippen molar-refractivity contribution in [1.29, 1.82) is 0 Å². The normalized spacial score (nSPS) is 24.9. The van der Waals surface area contributed by atoms with Crippen molar-refractivity contribution in [1.82, 2.24) is 10.6 Å². The lowest BCUT2D eigenvalue weighted by molar-refractivity contribution is 0.0672. The SMILES string of the molecule is CCNC(=NCC(C)(O)c1ccccc1)NC1CC1C. The topological polar surface area (TPSA) is 56.7 Å². The third-order valence-corrected chi connectivity index (χ3v) is 3.72. The second-order valence-corrected chi connectivity index (χ2v) is 5.80. The molecule has 0 bridgehead atoms. The van der Waals surface area contributed by atoms with Crippen LogP contribution in [0.25, 0.3) is 0 Å². The van der Waals surface area contributed by atoms with E-state index in [2.05, 4.69) is 22.5 Å². The Morgan fingerprint density at radius 3 is 2.60 bits per heavy atom. The molecule has 4 nitrogen and oxygen atoms in total. The summed E-state index contributed by atoms with van der Waals surface area (Å²) in [5, 5.41) is 17.2. The Morgan fingerprint density at radius 2 is 2.05 bits per heavy atom. The second kappa shape index (κ2) is 6.27. The highest BCUT2D eigenvalue weighted by molar-refractivity contribution is 5.80. The molecule has 1 saturated carbocycles. The fraction of sp³-hybridized carbons (Fsp3) is 0.562. The molecule has 0 aromatic heterocycles. The number of hydrogen-bond acceptors (Lipinski definition) is 2. The first-order chi connectivity index (χ1) is 9.53. The molecule has 1 fully saturated rings. The van der Waals surface area contributed by atoms with Gasteiger partial charge >= 0.3 is 0 Å². The summed E-state index contributed by atoms with van der Waals surface area (Å²) in [5.41, 5.74) is -0.0573. The number of nitrogens with zero attached hydrogens (tertiary/aromatic N) is 1. The van der Waals surface area contributed by atoms with Crippen molar-refractivity contribution in [2.45, 2.75) is 38.8 Å². The maximum Gasteiger partial charge on any atom is 0.191 e. The van der Waals surface area contributed by atoms with Crippen molar-refractivity contribution in [3.05, 3.63) is 35.9 Å². The Morgan fingerprint density at radius 1 is 1.40 bits per heavy atom. The van der Waals surface area contributed by atoms with Gasteiger partial charge in [0.15, 0.2) is 5.96 Å². The number of aliphatic imine (C=N–C) groups is 1. The van der Waals surface area contributed by atoms with E-state index in [9.17, 15) is 5.11 Å². The van der Waals surface area contributed by atoms with Gasteiger partial charge in [-0.1, -0.05) is 37.3 Å². The van der Waals surface area contributed by atoms with Crippen LogP contribution in [0.1, 0.15) is 32.8 Å². The molecule has 1 aliphatic carbocycles. The summed E-state index contributed by atoms with van der Waals surface area (Å²) >= 11 is 0. The Balaban J connectivity index is 2.00. The van der Waals surface area contributed by atoms with Gasteiger partial charge in [0.25, 0.3) is 0 Å². The van der Waals surface area contributed by atoms with Gasteiger partial charge in [-0.25, -0.2) is 4.99 Å². The van der Waals surface area contributed by atoms with Crippen LogP contribution >= 0.6 is 0 Å². The fourth-order valence-corrected chi connectivity index (χ4v) is 2.14. The zero-order valence-corrected chi connectivity index (χ0v) is 12.6. The molecule has 3 N–H and O–H groups in total. The fourth-order valence-electron chi connectivity index (χ4n) is 2.14. The molecule has 2 rings (SSSR count). The maximum atomic E-state index is 10.5. The standard InChI is InChI=1S/C16H25N3O/c1-4-17-15(19-14-10-12(14)2)18-11-16(3,20)13-8-6-5-7-9-13/h5-9,12,14,20H,4,10-11H2,1-3H3,(H2,17,18,19). The first kappa shape index (κ1) is 14.9. The van der Waals surface area contributed by atoms with Crippen molar-refractivity contribution in [2.75, 3.05) is 13.1 Å². The van der Waals surface area contributed by atoms with E-state index in [0.717, 1.165) is 18.1 Å². The van der Waals surface area contributed by atoms with Crippen LogP contribution in [-0.2, 0) is 5.60 Å². The van der Waals surface area contributed by atoms with Gasteiger partial charge in [0.1, 0.15) is 5.60 Å². The number of rotatable bonds is 5. The summed E-state index contributed by atoms with van der Waals surface area (Å²) < 4.78 is 0. The van der Waals surface area contributed by atoms with Gasteiger partial charge < -0.3 is 15.7 Å². The van der Waals surface area contributed by atoms with Gasteiger partial charge in [-0.2, -0.15) is 0 Å². The van der Waals surface area contributed by atoms with Crippen molar-refractivity contribution in [3.8, 4) is 0 Å². The average molecular weight is 275 g/mol. The third-order valence-electron chi connectivity index (χ3n) is 3.72. The van der Waals surface area contributed by atoms with Crippen molar-refractivity contribution < 1.29 is 5.11 Å². The molecule has 0 aliphatic heterocycles. The van der Waals surface area contributed by atoms with Gasteiger partial charge in [-0.05, 0) is 31.7 Å². The predicted molar refractivity (Wildman–Crippen MR) is 82.7 cm³/mol. The van der Waals surface area contributed by atoms with Gasteiger partial charge in [-0.3, -0.25) is 0 Å². The van der Waals surface area contributed by atoms with Crippen LogP contribution in [0.2, 0.25) is 0 Å². The molecule has 1 aliphatic rings. The van der Waals surface area contributed by atoms with Crippen LogP contribution in [-0.4, -0.2) is 30.2 Å². The summed E-state index contributed by atoms with van der Waals surface area (Å²) in [6.45, 7) is 7.23. The molecule has 20 heavy (non-hydrogen) atoms. The molecular formula is C16H25N3O. The number of hydrogen-bond donors (Lipinski definition) is 3. The van der Waals surface area contributed by atoms with Crippen LogP contribution in [0.4, 0.5) is 0 Å².